The molecule has 1 unspecified atom stereocenters. The van der Waals surface area contributed by atoms with Gasteiger partial charge in [-0.05, 0) is 6.42 Å². The highest BCUT2D eigenvalue weighted by Gasteiger charge is 1.99. The quantitative estimate of drug-likeness (QED) is 0.483. The zero-order chi connectivity index (χ0) is 11.8. The lowest BCUT2D eigenvalue weighted by molar-refractivity contribution is 0.380. The molecule has 0 saturated heterocycles. The third-order valence-electron chi connectivity index (χ3n) is 1.27. The van der Waals surface area contributed by atoms with Crippen molar-refractivity contribution >= 4 is 0 Å². The van der Waals surface area contributed by atoms with Crippen LogP contribution >= 0.6 is 0 Å². The summed E-state index contributed by atoms with van der Waals surface area (Å²) in [7, 11) is 0.500. The molecule has 4 heteroatoms. The lowest BCUT2D eigenvalue weighted by Crippen LogP contribution is -1.92. The predicted molar refractivity (Wildman–Crippen MR) is 88.2 cm³/mol. The Bertz CT molecular complexity index is 112. The Kier molecular flexibility index (Phi) is 182. The topological polar surface area (TPSA) is 4.36 Å². The Hall–Kier alpha value is -0.720. The van der Waals surface area contributed by atoms with E-state index in [-0.39, 0.29) is 43.2 Å². The van der Waals surface area contributed by atoms with Gasteiger partial charge in [-0.25, -0.2) is 15.4 Å². The van der Waals surface area contributed by atoms with Crippen LogP contribution in [0.5, 0.6) is 0 Å². The smallest absolute Gasteiger partial charge is 0.221 e. The van der Waals surface area contributed by atoms with Gasteiger partial charge in [-0.3, -0.25) is 4.39 Å². The fourth-order valence-electron chi connectivity index (χ4n) is 0.564. The summed E-state index contributed by atoms with van der Waals surface area (Å²) < 4.78 is 30.2. The minimum absolute atomic E-state index is 0. The van der Waals surface area contributed by atoms with Gasteiger partial charge in [-0.1, -0.05) is 50.5 Å². The Morgan fingerprint density at radius 2 is 1.26 bits per heavy atom. The van der Waals surface area contributed by atoms with Crippen molar-refractivity contribution in [2.45, 2.75) is 76.3 Å². The second-order valence-corrected chi connectivity index (χ2v) is 2.50. The van der Waals surface area contributed by atoms with Crippen LogP contribution in [0, 0.1) is 6.57 Å². The molecule has 0 aliphatic carbocycles. The van der Waals surface area contributed by atoms with Crippen LogP contribution in [0.25, 0.3) is 4.85 Å². The summed E-state index contributed by atoms with van der Waals surface area (Å²) >= 11 is 0. The van der Waals surface area contributed by atoms with Crippen LogP contribution < -0.4 is 0 Å². The Balaban J connectivity index is -0.0000000164. The van der Waals surface area contributed by atoms with Crippen LogP contribution in [0.3, 0.4) is 0 Å². The molecule has 0 aromatic rings. The molecule has 0 aromatic carbocycles. The molecule has 126 valence electrons. The molecule has 1 atom stereocenters. The van der Waals surface area contributed by atoms with Gasteiger partial charge >= 0.3 is 0 Å². The number of rotatable bonds is 4. The van der Waals surface area contributed by atoms with Crippen molar-refractivity contribution in [1.82, 2.24) is 0 Å². The van der Waals surface area contributed by atoms with Gasteiger partial charge < -0.3 is 4.85 Å². The molecule has 0 saturated carbocycles. The minimum Gasteiger partial charge on any atom is -0.314 e. The highest BCUT2D eigenvalue weighted by Crippen LogP contribution is 2.01. The summed E-state index contributed by atoms with van der Waals surface area (Å²) in [5.74, 6) is 0. The van der Waals surface area contributed by atoms with Crippen molar-refractivity contribution < 1.29 is 13.2 Å². The highest BCUT2D eigenvalue weighted by atomic mass is 19.2. The molecule has 0 aliphatic rings. The lowest BCUT2D eigenvalue weighted by Gasteiger charge is -1.93. The zero-order valence-corrected chi connectivity index (χ0v) is 9.19. The molecule has 0 amide bonds. The molecule has 0 N–H and O–H groups in total. The summed E-state index contributed by atoms with van der Waals surface area (Å²) in [4.78, 5) is 3.38. The Morgan fingerprint density at radius 3 is 1.42 bits per heavy atom. The van der Waals surface area contributed by atoms with Crippen molar-refractivity contribution in [3.8, 4) is 0 Å². The van der Waals surface area contributed by atoms with E-state index in [2.05, 4.69) is 11.8 Å². The molecule has 0 aromatic heterocycles. The summed E-state index contributed by atoms with van der Waals surface area (Å²) in [6.45, 7) is 9.04. The number of nitrogens with zero attached hydrogens (tertiary/aromatic N) is 1. The first-order valence-electron chi connectivity index (χ1n) is 4.59. The summed E-state index contributed by atoms with van der Waals surface area (Å²) in [5.41, 5.74) is 0. The van der Waals surface area contributed by atoms with Crippen LogP contribution in [0.15, 0.2) is 0 Å². The van der Waals surface area contributed by atoms with E-state index in [1.54, 1.807) is 0 Å². The maximum Gasteiger partial charge on any atom is 0.221 e. The molecule has 0 rings (SSSR count). The SMILES string of the molecule is C.C.C.C.C.CF.FCCF.[C-]#[N+]C(C)CCCC. The molecule has 0 fully saturated rings. The molecular formula is C15H40F3N. The van der Waals surface area contributed by atoms with Gasteiger partial charge in [0, 0.05) is 13.3 Å². The molecule has 0 heterocycles. The Morgan fingerprint density at radius 1 is 0.947 bits per heavy atom. The van der Waals surface area contributed by atoms with E-state index in [0.717, 1.165) is 6.42 Å². The molecule has 1 nitrogen and oxygen atoms in total. The van der Waals surface area contributed by atoms with Crippen molar-refractivity contribution in [2.75, 3.05) is 20.5 Å². The number of hydrogen-bond acceptors (Lipinski definition) is 0. The fourth-order valence-corrected chi connectivity index (χ4v) is 0.564. The first kappa shape index (κ1) is 51.7. The maximum atomic E-state index is 10.3. The molecule has 0 aliphatic heterocycles. The van der Waals surface area contributed by atoms with Crippen LogP contribution in [-0.2, 0) is 0 Å². The van der Waals surface area contributed by atoms with Gasteiger partial charge in [0.1, 0.15) is 13.3 Å². The first-order valence-corrected chi connectivity index (χ1v) is 4.59. The zero-order valence-electron chi connectivity index (χ0n) is 9.19. The van der Waals surface area contributed by atoms with E-state index >= 15 is 0 Å². The second-order valence-electron chi connectivity index (χ2n) is 2.50. The van der Waals surface area contributed by atoms with Crippen molar-refractivity contribution in [3.63, 3.8) is 0 Å². The standard InChI is InChI=1S/C7H13N.C2H4F2.CH3F.5CH4/c1-4-5-6-7(2)8-3;3-1-2-4;1-2;;;;;/h7H,4-6H2,1-2H3;1-2H2;1H3;5*1H4. The van der Waals surface area contributed by atoms with E-state index in [1.165, 1.54) is 12.8 Å². The van der Waals surface area contributed by atoms with Crippen molar-refractivity contribution in [2.24, 2.45) is 0 Å². The van der Waals surface area contributed by atoms with E-state index in [0.29, 0.717) is 7.18 Å². The lowest BCUT2D eigenvalue weighted by atomic mass is 10.2. The first-order chi connectivity index (χ1) is 6.72. The van der Waals surface area contributed by atoms with Crippen LogP contribution in [0.4, 0.5) is 13.2 Å². The van der Waals surface area contributed by atoms with Crippen molar-refractivity contribution in [3.05, 3.63) is 11.4 Å². The monoisotopic (exact) mass is 291 g/mol. The third kappa shape index (κ3) is 102. The number of halogens is 3. The van der Waals surface area contributed by atoms with E-state index in [1.807, 2.05) is 6.92 Å². The van der Waals surface area contributed by atoms with Gasteiger partial charge in [0.2, 0.25) is 6.04 Å². The number of hydrogen-bond donors (Lipinski definition) is 0. The number of unbranched alkanes of at least 4 members (excludes halogenated alkanes) is 1. The van der Waals surface area contributed by atoms with E-state index in [9.17, 15) is 13.2 Å². The fraction of sp³-hybridized carbons (Fsp3) is 0.933. The van der Waals surface area contributed by atoms with Crippen LogP contribution in [0.2, 0.25) is 0 Å². The van der Waals surface area contributed by atoms with Gasteiger partial charge in [0.25, 0.3) is 0 Å². The average molecular weight is 291 g/mol. The maximum absolute atomic E-state index is 10.3. The Labute approximate surface area is 122 Å². The molecular weight excluding hydrogens is 251 g/mol. The summed E-state index contributed by atoms with van der Waals surface area (Å²) in [6.07, 6.45) is 3.48. The summed E-state index contributed by atoms with van der Waals surface area (Å²) in [5, 5.41) is 0. The molecule has 0 radical (unpaired) electrons. The van der Waals surface area contributed by atoms with Crippen LogP contribution in [-0.4, -0.2) is 26.6 Å². The van der Waals surface area contributed by atoms with Gasteiger partial charge in [-0.2, -0.15) is 0 Å². The highest BCUT2D eigenvalue weighted by molar-refractivity contribution is 4.71. The van der Waals surface area contributed by atoms with Crippen LogP contribution in [0.1, 0.15) is 70.2 Å². The normalized spacial score (nSPS) is 7.21. The van der Waals surface area contributed by atoms with E-state index < -0.39 is 13.3 Å². The molecule has 0 bridgehead atoms. The van der Waals surface area contributed by atoms with Crippen molar-refractivity contribution in [1.29, 1.82) is 0 Å². The molecule has 0 spiro atoms. The summed E-state index contributed by atoms with van der Waals surface area (Å²) in [6, 6.07) is 0.245. The molecule has 19 heavy (non-hydrogen) atoms. The average Bonchev–Trinajstić information content (AvgIpc) is 2.28. The predicted octanol–water partition coefficient (Wildman–Crippen LogP) is 7.18. The second kappa shape index (κ2) is 66.8. The minimum atomic E-state index is -0.847. The van der Waals surface area contributed by atoms with Gasteiger partial charge in [0.05, 0.1) is 7.18 Å². The largest absolute Gasteiger partial charge is 0.314 e. The number of alkyl halides is 3. The van der Waals surface area contributed by atoms with E-state index in [4.69, 9.17) is 6.57 Å². The third-order valence-corrected chi connectivity index (χ3v) is 1.27. The van der Waals surface area contributed by atoms with Gasteiger partial charge in [0.15, 0.2) is 0 Å². The van der Waals surface area contributed by atoms with Gasteiger partial charge in [-0.15, -0.1) is 0 Å².